The fourth-order valence-electron chi connectivity index (χ4n) is 4.03. The standard InChI is InChI=1S/C27H22N2O6S/c30-24(28-12-14-34-15-13-28)17-29-25(31)23(36-27(29)33)16-18-8-10-20(11-9-18)35-26(32)22-7-3-5-19-4-1-2-6-21(19)22/h1-11,16H,12-15,17H2/b23-16-. The maximum atomic E-state index is 12.8. The number of amides is 3. The largest absolute Gasteiger partial charge is 0.423 e. The van der Waals surface area contributed by atoms with Crippen LogP contribution in [0.3, 0.4) is 0 Å². The van der Waals surface area contributed by atoms with Crippen molar-refractivity contribution in [1.82, 2.24) is 9.80 Å². The number of rotatable bonds is 5. The molecule has 0 radical (unpaired) electrons. The lowest BCUT2D eigenvalue weighted by Crippen LogP contribution is -2.46. The summed E-state index contributed by atoms with van der Waals surface area (Å²) in [6, 6.07) is 19.7. The molecule has 182 valence electrons. The van der Waals surface area contributed by atoms with Crippen molar-refractivity contribution in [3.05, 3.63) is 82.8 Å². The van der Waals surface area contributed by atoms with Gasteiger partial charge in [0.1, 0.15) is 12.3 Å². The van der Waals surface area contributed by atoms with Gasteiger partial charge in [-0.15, -0.1) is 0 Å². The van der Waals surface area contributed by atoms with Crippen LogP contribution >= 0.6 is 11.8 Å². The Morgan fingerprint density at radius 2 is 1.67 bits per heavy atom. The SMILES string of the molecule is O=C(Oc1ccc(/C=C2\SC(=O)N(CC(=O)N3CCOCC3)C2=O)cc1)c1cccc2ccccc12. The highest BCUT2D eigenvalue weighted by Crippen LogP contribution is 2.32. The van der Waals surface area contributed by atoms with Crippen molar-refractivity contribution < 1.29 is 28.7 Å². The van der Waals surface area contributed by atoms with E-state index in [-0.39, 0.29) is 17.4 Å². The number of fused-ring (bicyclic) bond motifs is 1. The zero-order valence-electron chi connectivity index (χ0n) is 19.2. The van der Waals surface area contributed by atoms with Crippen LogP contribution in [-0.4, -0.2) is 65.7 Å². The van der Waals surface area contributed by atoms with Crippen LogP contribution in [0.2, 0.25) is 0 Å². The van der Waals surface area contributed by atoms with Crippen LogP contribution in [-0.2, 0) is 14.3 Å². The van der Waals surface area contributed by atoms with Crippen molar-refractivity contribution in [2.75, 3.05) is 32.8 Å². The second kappa shape index (κ2) is 10.3. The molecule has 8 nitrogen and oxygen atoms in total. The highest BCUT2D eigenvalue weighted by Gasteiger charge is 2.37. The minimum atomic E-state index is -0.502. The molecule has 0 bridgehead atoms. The van der Waals surface area contributed by atoms with Gasteiger partial charge in [0.2, 0.25) is 5.91 Å². The van der Waals surface area contributed by atoms with E-state index in [0.717, 1.165) is 27.4 Å². The van der Waals surface area contributed by atoms with E-state index in [1.165, 1.54) is 0 Å². The van der Waals surface area contributed by atoms with E-state index in [4.69, 9.17) is 9.47 Å². The zero-order valence-corrected chi connectivity index (χ0v) is 20.0. The van der Waals surface area contributed by atoms with E-state index in [1.54, 1.807) is 41.3 Å². The van der Waals surface area contributed by atoms with Crippen molar-refractivity contribution >= 4 is 51.6 Å². The maximum Gasteiger partial charge on any atom is 0.344 e. The van der Waals surface area contributed by atoms with Gasteiger partial charge in [-0.3, -0.25) is 19.3 Å². The summed E-state index contributed by atoms with van der Waals surface area (Å²) in [7, 11) is 0. The average Bonchev–Trinajstić information content (AvgIpc) is 3.17. The third kappa shape index (κ3) is 5.02. The fourth-order valence-corrected chi connectivity index (χ4v) is 4.87. The summed E-state index contributed by atoms with van der Waals surface area (Å²) in [5.74, 6) is -0.891. The molecule has 0 aromatic heterocycles. The van der Waals surface area contributed by atoms with Crippen LogP contribution in [0.15, 0.2) is 71.6 Å². The summed E-state index contributed by atoms with van der Waals surface area (Å²) in [6.07, 6.45) is 1.58. The lowest BCUT2D eigenvalue weighted by molar-refractivity contribution is -0.139. The minimum Gasteiger partial charge on any atom is -0.423 e. The molecule has 3 aromatic rings. The van der Waals surface area contributed by atoms with E-state index in [1.807, 2.05) is 36.4 Å². The first-order valence-corrected chi connectivity index (χ1v) is 12.2. The topological polar surface area (TPSA) is 93.2 Å². The van der Waals surface area contributed by atoms with Gasteiger partial charge in [-0.25, -0.2) is 4.79 Å². The third-order valence-corrected chi connectivity index (χ3v) is 6.84. The van der Waals surface area contributed by atoms with Gasteiger partial charge in [-0.2, -0.15) is 0 Å². The van der Waals surface area contributed by atoms with Gasteiger partial charge in [0, 0.05) is 13.1 Å². The average molecular weight is 503 g/mol. The van der Waals surface area contributed by atoms with Gasteiger partial charge < -0.3 is 14.4 Å². The van der Waals surface area contributed by atoms with Crippen LogP contribution in [0.25, 0.3) is 16.8 Å². The summed E-state index contributed by atoms with van der Waals surface area (Å²) < 4.78 is 10.8. The summed E-state index contributed by atoms with van der Waals surface area (Å²) in [4.78, 5) is 53.1. The lowest BCUT2D eigenvalue weighted by atomic mass is 10.0. The molecule has 0 saturated carbocycles. The highest BCUT2D eigenvalue weighted by atomic mass is 32.2. The van der Waals surface area contributed by atoms with E-state index in [9.17, 15) is 19.2 Å². The Labute approximate surface area is 211 Å². The van der Waals surface area contributed by atoms with Gasteiger partial charge in [-0.05, 0) is 52.4 Å². The molecule has 2 aliphatic rings. The number of morpholine rings is 1. The summed E-state index contributed by atoms with van der Waals surface area (Å²) in [5, 5.41) is 1.28. The number of nitrogens with zero attached hydrogens (tertiary/aromatic N) is 2. The van der Waals surface area contributed by atoms with Gasteiger partial charge in [-0.1, -0.05) is 48.5 Å². The van der Waals surface area contributed by atoms with Gasteiger partial charge in [0.05, 0.1) is 23.7 Å². The van der Waals surface area contributed by atoms with Crippen LogP contribution in [0, 0.1) is 0 Å². The number of ether oxygens (including phenoxy) is 2. The van der Waals surface area contributed by atoms with Crippen molar-refractivity contribution in [2.45, 2.75) is 0 Å². The van der Waals surface area contributed by atoms with Crippen LogP contribution < -0.4 is 4.74 Å². The number of esters is 1. The smallest absolute Gasteiger partial charge is 0.344 e. The van der Waals surface area contributed by atoms with Crippen LogP contribution in [0.1, 0.15) is 15.9 Å². The lowest BCUT2D eigenvalue weighted by Gasteiger charge is -2.28. The Morgan fingerprint density at radius 3 is 2.44 bits per heavy atom. The molecule has 3 amide bonds. The number of hydrogen-bond donors (Lipinski definition) is 0. The molecule has 2 heterocycles. The predicted molar refractivity (Wildman–Crippen MR) is 135 cm³/mol. The quantitative estimate of drug-likeness (QED) is 0.296. The molecule has 0 aliphatic carbocycles. The molecule has 9 heteroatoms. The molecule has 2 aliphatic heterocycles. The van der Waals surface area contributed by atoms with Crippen molar-refractivity contribution in [3.8, 4) is 5.75 Å². The second-order valence-corrected chi connectivity index (χ2v) is 9.24. The third-order valence-electron chi connectivity index (χ3n) is 5.93. The molecule has 0 unspecified atom stereocenters. The molecule has 2 fully saturated rings. The summed E-state index contributed by atoms with van der Waals surface area (Å²) in [6.45, 7) is 1.50. The normalized spacial score (nSPS) is 17.2. The Morgan fingerprint density at radius 1 is 0.944 bits per heavy atom. The Hall–Kier alpha value is -3.95. The van der Waals surface area contributed by atoms with Crippen molar-refractivity contribution in [1.29, 1.82) is 0 Å². The van der Waals surface area contributed by atoms with Crippen LogP contribution in [0.5, 0.6) is 5.75 Å². The summed E-state index contributed by atoms with van der Waals surface area (Å²) >= 11 is 0.796. The number of carbonyl (C=O) groups is 4. The molecular weight excluding hydrogens is 480 g/mol. The highest BCUT2D eigenvalue weighted by molar-refractivity contribution is 8.18. The van der Waals surface area contributed by atoms with Crippen molar-refractivity contribution in [3.63, 3.8) is 0 Å². The number of thioether (sulfide) groups is 1. The van der Waals surface area contributed by atoms with E-state index in [2.05, 4.69) is 0 Å². The number of carbonyl (C=O) groups excluding carboxylic acids is 4. The Bertz CT molecular complexity index is 1370. The number of hydrogen-bond acceptors (Lipinski definition) is 7. The van der Waals surface area contributed by atoms with Gasteiger partial charge >= 0.3 is 5.97 Å². The molecule has 5 rings (SSSR count). The minimum absolute atomic E-state index is 0.232. The molecule has 0 spiro atoms. The molecule has 3 aromatic carbocycles. The van der Waals surface area contributed by atoms with E-state index in [0.29, 0.717) is 43.2 Å². The van der Waals surface area contributed by atoms with Gasteiger partial charge in [0.25, 0.3) is 11.1 Å². The number of imide groups is 1. The van der Waals surface area contributed by atoms with Gasteiger partial charge in [0.15, 0.2) is 0 Å². The molecule has 36 heavy (non-hydrogen) atoms. The zero-order chi connectivity index (χ0) is 25.1. The predicted octanol–water partition coefficient (Wildman–Crippen LogP) is 3.95. The number of benzene rings is 3. The second-order valence-electron chi connectivity index (χ2n) is 8.25. The molecule has 0 atom stereocenters. The van der Waals surface area contributed by atoms with E-state index >= 15 is 0 Å². The fraction of sp³-hybridized carbons (Fsp3) is 0.185. The molecular formula is C27H22N2O6S. The Balaban J connectivity index is 1.25. The Kier molecular flexibility index (Phi) is 6.84. The molecule has 2 saturated heterocycles. The van der Waals surface area contributed by atoms with Crippen LogP contribution in [0.4, 0.5) is 4.79 Å². The first-order chi connectivity index (χ1) is 17.5. The summed E-state index contributed by atoms with van der Waals surface area (Å²) in [5.41, 5.74) is 1.13. The van der Waals surface area contributed by atoms with E-state index < -0.39 is 17.1 Å². The van der Waals surface area contributed by atoms with Crippen molar-refractivity contribution in [2.24, 2.45) is 0 Å². The monoisotopic (exact) mass is 502 g/mol. The maximum absolute atomic E-state index is 12.8. The first kappa shape index (κ1) is 23.8. The first-order valence-electron chi connectivity index (χ1n) is 11.4. The molecule has 0 N–H and O–H groups in total.